The lowest BCUT2D eigenvalue weighted by molar-refractivity contribution is -0.386. The van der Waals surface area contributed by atoms with Crippen molar-refractivity contribution in [3.05, 3.63) is 27.4 Å². The van der Waals surface area contributed by atoms with Gasteiger partial charge in [-0.15, -0.1) is 0 Å². The summed E-state index contributed by atoms with van der Waals surface area (Å²) in [5.74, 6) is -0.610. The molecule has 0 saturated carbocycles. The van der Waals surface area contributed by atoms with Gasteiger partial charge < -0.3 is 4.74 Å². The second kappa shape index (κ2) is 4.48. The third kappa shape index (κ3) is 2.03. The van der Waals surface area contributed by atoms with Crippen molar-refractivity contribution in [2.45, 2.75) is 6.43 Å². The van der Waals surface area contributed by atoms with Gasteiger partial charge in [-0.2, -0.15) is 5.26 Å². The van der Waals surface area contributed by atoms with E-state index in [4.69, 9.17) is 5.26 Å². The summed E-state index contributed by atoms with van der Waals surface area (Å²) < 4.78 is 29.6. The van der Waals surface area contributed by atoms with Crippen molar-refractivity contribution in [3.8, 4) is 11.9 Å². The summed E-state index contributed by atoms with van der Waals surface area (Å²) >= 11 is 0. The number of nitriles is 1. The predicted molar refractivity (Wildman–Crippen MR) is 47.1 cm³/mol. The summed E-state index contributed by atoms with van der Waals surface area (Å²) in [6.45, 7) is 0. The number of methoxy groups -OCH3 is 1. The Bertz CT molecular complexity index is 470. The fraction of sp³-hybridized carbons (Fsp3) is 0.250. The fourth-order valence-corrected chi connectivity index (χ4v) is 1.09. The van der Waals surface area contributed by atoms with Crippen LogP contribution in [-0.4, -0.2) is 17.0 Å². The quantitative estimate of drug-likeness (QED) is 0.582. The van der Waals surface area contributed by atoms with Gasteiger partial charge in [-0.05, 0) is 0 Å². The minimum Gasteiger partial charge on any atom is -0.480 e. The third-order valence-electron chi connectivity index (χ3n) is 1.72. The molecule has 16 heavy (non-hydrogen) atoms. The Balaban J connectivity index is 3.55. The molecule has 0 amide bonds. The molecule has 0 unspecified atom stereocenters. The molecule has 6 nitrogen and oxygen atoms in total. The zero-order chi connectivity index (χ0) is 12.3. The van der Waals surface area contributed by atoms with Gasteiger partial charge in [0.15, 0.2) is 11.3 Å². The zero-order valence-corrected chi connectivity index (χ0v) is 7.98. The molecule has 0 spiro atoms. The molecule has 0 aliphatic carbocycles. The van der Waals surface area contributed by atoms with Gasteiger partial charge in [-0.1, -0.05) is 0 Å². The van der Waals surface area contributed by atoms with Gasteiger partial charge >= 0.3 is 0 Å². The van der Waals surface area contributed by atoms with Gasteiger partial charge in [-0.25, -0.2) is 13.8 Å². The number of nitro groups is 1. The van der Waals surface area contributed by atoms with Gasteiger partial charge in [0.2, 0.25) is 5.88 Å². The molecule has 0 atom stereocenters. The van der Waals surface area contributed by atoms with Crippen molar-refractivity contribution in [1.82, 2.24) is 4.98 Å². The van der Waals surface area contributed by atoms with E-state index in [1.54, 1.807) is 0 Å². The van der Waals surface area contributed by atoms with Crippen molar-refractivity contribution in [2.75, 3.05) is 7.11 Å². The Labute approximate surface area is 88.2 Å². The number of pyridine rings is 1. The van der Waals surface area contributed by atoms with Gasteiger partial charge in [0.25, 0.3) is 12.1 Å². The molecule has 84 valence electrons. The van der Waals surface area contributed by atoms with Crippen LogP contribution in [0.5, 0.6) is 5.88 Å². The second-order valence-corrected chi connectivity index (χ2v) is 2.62. The highest BCUT2D eigenvalue weighted by atomic mass is 19.3. The average Bonchev–Trinajstić information content (AvgIpc) is 2.26. The Kier molecular flexibility index (Phi) is 3.30. The molecule has 0 radical (unpaired) electrons. The standard InChI is InChI=1S/C8H5F2N3O3/c1-16-8-6(7(9)10)5(13(14)15)2-4(3-11)12-8/h2,7H,1H3. The number of hydrogen-bond donors (Lipinski definition) is 0. The lowest BCUT2D eigenvalue weighted by Gasteiger charge is -2.07. The molecule has 1 aromatic rings. The topological polar surface area (TPSA) is 89.0 Å². The van der Waals surface area contributed by atoms with Crippen LogP contribution in [0.3, 0.4) is 0 Å². The first-order valence-corrected chi connectivity index (χ1v) is 3.92. The maximum absolute atomic E-state index is 12.6. The van der Waals surface area contributed by atoms with Gasteiger partial charge in [0, 0.05) is 0 Å². The molecule has 0 saturated heterocycles. The Morgan fingerprint density at radius 2 is 2.31 bits per heavy atom. The highest BCUT2D eigenvalue weighted by Crippen LogP contribution is 2.35. The van der Waals surface area contributed by atoms with E-state index < -0.39 is 28.5 Å². The number of alkyl halides is 2. The van der Waals surface area contributed by atoms with Crippen LogP contribution in [0.1, 0.15) is 17.7 Å². The van der Waals surface area contributed by atoms with Gasteiger partial charge in [-0.3, -0.25) is 10.1 Å². The average molecular weight is 229 g/mol. The van der Waals surface area contributed by atoms with Crippen LogP contribution in [0.15, 0.2) is 6.07 Å². The lowest BCUT2D eigenvalue weighted by atomic mass is 10.2. The van der Waals surface area contributed by atoms with E-state index in [-0.39, 0.29) is 5.69 Å². The molecule has 0 bridgehead atoms. The van der Waals surface area contributed by atoms with E-state index in [2.05, 4.69) is 9.72 Å². The van der Waals surface area contributed by atoms with Crippen LogP contribution in [0.25, 0.3) is 0 Å². The predicted octanol–water partition coefficient (Wildman–Crippen LogP) is 1.81. The fourth-order valence-electron chi connectivity index (χ4n) is 1.09. The Hall–Kier alpha value is -2.30. The highest BCUT2D eigenvalue weighted by Gasteiger charge is 2.28. The first-order valence-electron chi connectivity index (χ1n) is 3.92. The maximum Gasteiger partial charge on any atom is 0.286 e. The summed E-state index contributed by atoms with van der Waals surface area (Å²) in [5.41, 5.74) is -2.15. The minimum absolute atomic E-state index is 0.354. The monoisotopic (exact) mass is 229 g/mol. The number of ether oxygens (including phenoxy) is 1. The van der Waals surface area contributed by atoms with E-state index in [0.717, 1.165) is 7.11 Å². The van der Waals surface area contributed by atoms with Crippen molar-refractivity contribution in [3.63, 3.8) is 0 Å². The van der Waals surface area contributed by atoms with Crippen LogP contribution >= 0.6 is 0 Å². The molecule has 0 aliphatic heterocycles. The van der Waals surface area contributed by atoms with Crippen LogP contribution in [0, 0.1) is 21.4 Å². The smallest absolute Gasteiger partial charge is 0.286 e. The van der Waals surface area contributed by atoms with Crippen molar-refractivity contribution in [1.29, 1.82) is 5.26 Å². The molecule has 8 heteroatoms. The Morgan fingerprint density at radius 3 is 2.69 bits per heavy atom. The van der Waals surface area contributed by atoms with Crippen LogP contribution in [-0.2, 0) is 0 Å². The molecular weight excluding hydrogens is 224 g/mol. The summed E-state index contributed by atoms with van der Waals surface area (Å²) in [5, 5.41) is 19.1. The third-order valence-corrected chi connectivity index (χ3v) is 1.72. The molecular formula is C8H5F2N3O3. The van der Waals surface area contributed by atoms with E-state index in [0.29, 0.717) is 6.07 Å². The van der Waals surface area contributed by atoms with Crippen LogP contribution in [0.4, 0.5) is 14.5 Å². The SMILES string of the molecule is COc1nc(C#N)cc([N+](=O)[O-])c1C(F)F. The van der Waals surface area contributed by atoms with Crippen molar-refractivity contribution in [2.24, 2.45) is 0 Å². The van der Waals surface area contributed by atoms with E-state index in [1.165, 1.54) is 6.07 Å². The maximum atomic E-state index is 12.6. The molecule has 1 aromatic heterocycles. The summed E-state index contributed by atoms with van der Waals surface area (Å²) in [4.78, 5) is 12.9. The molecule has 1 rings (SSSR count). The first kappa shape index (κ1) is 11.8. The summed E-state index contributed by atoms with van der Waals surface area (Å²) in [6, 6.07) is 2.21. The minimum atomic E-state index is -3.10. The number of hydrogen-bond acceptors (Lipinski definition) is 5. The normalized spacial score (nSPS) is 9.94. The molecule has 0 aliphatic rings. The van der Waals surface area contributed by atoms with Gasteiger partial charge in [0.1, 0.15) is 6.07 Å². The largest absolute Gasteiger partial charge is 0.480 e. The first-order chi connectivity index (χ1) is 7.51. The van der Waals surface area contributed by atoms with E-state index in [1.807, 2.05) is 0 Å². The number of nitrogens with zero attached hydrogens (tertiary/aromatic N) is 3. The van der Waals surface area contributed by atoms with Crippen molar-refractivity contribution >= 4 is 5.69 Å². The molecule has 0 aromatic carbocycles. The van der Waals surface area contributed by atoms with E-state index >= 15 is 0 Å². The number of rotatable bonds is 3. The van der Waals surface area contributed by atoms with Crippen LogP contribution < -0.4 is 4.74 Å². The lowest BCUT2D eigenvalue weighted by Crippen LogP contribution is -2.03. The highest BCUT2D eigenvalue weighted by molar-refractivity contribution is 5.50. The summed E-state index contributed by atoms with van der Waals surface area (Å²) in [7, 11) is 1.04. The molecule has 0 N–H and O–H groups in total. The number of halogens is 2. The molecule has 0 fully saturated rings. The summed E-state index contributed by atoms with van der Waals surface area (Å²) in [6.07, 6.45) is -3.10. The Morgan fingerprint density at radius 1 is 1.69 bits per heavy atom. The van der Waals surface area contributed by atoms with Gasteiger partial charge in [0.05, 0.1) is 18.1 Å². The van der Waals surface area contributed by atoms with Crippen molar-refractivity contribution < 1.29 is 18.4 Å². The second-order valence-electron chi connectivity index (χ2n) is 2.62. The van der Waals surface area contributed by atoms with E-state index in [9.17, 15) is 18.9 Å². The number of aromatic nitrogens is 1. The zero-order valence-electron chi connectivity index (χ0n) is 7.98. The molecule has 1 heterocycles. The van der Waals surface area contributed by atoms with Crippen LogP contribution in [0.2, 0.25) is 0 Å².